The number of benzene rings is 2. The maximum Gasteiger partial charge on any atom is 0.227 e. The highest BCUT2D eigenvalue weighted by Crippen LogP contribution is 2.34. The third-order valence-corrected chi connectivity index (χ3v) is 6.89. The Morgan fingerprint density at radius 1 is 0.971 bits per heavy atom. The van der Waals surface area contributed by atoms with Gasteiger partial charge in [0.05, 0.1) is 12.0 Å². The van der Waals surface area contributed by atoms with Crippen molar-refractivity contribution < 1.29 is 9.59 Å². The van der Waals surface area contributed by atoms with E-state index in [0.29, 0.717) is 0 Å². The number of hydrogen-bond acceptors (Lipinski definition) is 2. The van der Waals surface area contributed by atoms with Crippen LogP contribution in [-0.2, 0) is 9.59 Å². The quantitative estimate of drug-likeness (QED) is 0.415. The van der Waals surface area contributed by atoms with Crippen molar-refractivity contribution in [3.8, 4) is 0 Å². The number of allylic oxidation sites excluding steroid dienone is 3. The summed E-state index contributed by atoms with van der Waals surface area (Å²) in [5, 5.41) is 0. The third-order valence-electron chi connectivity index (χ3n) is 6.89. The molecule has 0 spiro atoms. The molecular formula is C31H39NO2. The van der Waals surface area contributed by atoms with Crippen LogP contribution in [-0.4, -0.2) is 29.2 Å². The molecule has 0 radical (unpaired) electrons. The number of nitrogens with zero attached hydrogens (tertiary/aromatic N) is 1. The van der Waals surface area contributed by atoms with Crippen molar-refractivity contribution in [2.75, 3.05) is 6.54 Å². The van der Waals surface area contributed by atoms with Crippen molar-refractivity contribution in [3.63, 3.8) is 0 Å². The van der Waals surface area contributed by atoms with Crippen molar-refractivity contribution in [1.82, 2.24) is 4.90 Å². The summed E-state index contributed by atoms with van der Waals surface area (Å²) < 4.78 is 0. The van der Waals surface area contributed by atoms with Crippen LogP contribution >= 0.6 is 0 Å². The third kappa shape index (κ3) is 6.56. The van der Waals surface area contributed by atoms with Crippen molar-refractivity contribution in [3.05, 3.63) is 83.4 Å². The van der Waals surface area contributed by atoms with E-state index < -0.39 is 0 Å². The highest BCUT2D eigenvalue weighted by molar-refractivity contribution is 5.99. The van der Waals surface area contributed by atoms with E-state index in [0.717, 1.165) is 30.5 Å². The molecule has 3 nitrogen and oxygen atoms in total. The van der Waals surface area contributed by atoms with E-state index in [-0.39, 0.29) is 35.5 Å². The van der Waals surface area contributed by atoms with Gasteiger partial charge in [0.25, 0.3) is 0 Å². The largest absolute Gasteiger partial charge is 0.336 e. The molecular weight excluding hydrogens is 418 g/mol. The monoisotopic (exact) mass is 457 g/mol. The Bertz CT molecular complexity index is 1050. The van der Waals surface area contributed by atoms with Gasteiger partial charge in [-0.3, -0.25) is 9.59 Å². The van der Waals surface area contributed by atoms with Gasteiger partial charge in [0.1, 0.15) is 0 Å². The lowest BCUT2D eigenvalue weighted by Gasteiger charge is -2.34. The maximum atomic E-state index is 13.8. The first kappa shape index (κ1) is 25.7. The molecule has 0 aliphatic carbocycles. The SMILES string of the molecule is C/C(=C\C1CCCN1C(=O)[C@@H](CC(=O)/C=C(\C)c1ccc(C)cc1)C(C)(C)C)c1ccccc1. The molecule has 0 aromatic heterocycles. The highest BCUT2D eigenvalue weighted by Gasteiger charge is 2.39. The van der Waals surface area contributed by atoms with Crippen LogP contribution in [0, 0.1) is 18.3 Å². The predicted molar refractivity (Wildman–Crippen MR) is 142 cm³/mol. The van der Waals surface area contributed by atoms with E-state index in [1.807, 2.05) is 42.2 Å². The number of amides is 1. The zero-order chi connectivity index (χ0) is 24.9. The molecule has 0 N–H and O–H groups in total. The van der Waals surface area contributed by atoms with E-state index in [9.17, 15) is 9.59 Å². The maximum absolute atomic E-state index is 13.8. The lowest BCUT2D eigenvalue weighted by Crippen LogP contribution is -2.44. The zero-order valence-electron chi connectivity index (χ0n) is 21.6. The fourth-order valence-corrected chi connectivity index (χ4v) is 4.69. The van der Waals surface area contributed by atoms with Crippen LogP contribution in [0.5, 0.6) is 0 Å². The molecule has 34 heavy (non-hydrogen) atoms. The molecule has 1 amide bonds. The Morgan fingerprint density at radius 2 is 1.59 bits per heavy atom. The zero-order valence-corrected chi connectivity index (χ0v) is 21.6. The number of hydrogen-bond donors (Lipinski definition) is 0. The molecule has 0 saturated carbocycles. The number of carbonyl (C=O) groups excluding carboxylic acids is 2. The molecule has 3 heteroatoms. The Labute approximate surface area is 205 Å². The molecule has 1 aliphatic heterocycles. The summed E-state index contributed by atoms with van der Waals surface area (Å²) in [6.45, 7) is 13.1. The molecule has 2 aromatic rings. The van der Waals surface area contributed by atoms with Gasteiger partial charge in [0.2, 0.25) is 5.91 Å². The molecule has 3 rings (SSSR count). The van der Waals surface area contributed by atoms with Gasteiger partial charge >= 0.3 is 0 Å². The summed E-state index contributed by atoms with van der Waals surface area (Å²) in [5.41, 5.74) is 5.23. The number of carbonyl (C=O) groups is 2. The second-order valence-corrected chi connectivity index (χ2v) is 10.7. The highest BCUT2D eigenvalue weighted by atomic mass is 16.2. The Kier molecular flexibility index (Phi) is 8.30. The van der Waals surface area contributed by atoms with Crippen molar-refractivity contribution in [2.24, 2.45) is 11.3 Å². The van der Waals surface area contributed by atoms with Gasteiger partial charge in [-0.25, -0.2) is 0 Å². The summed E-state index contributed by atoms with van der Waals surface area (Å²) in [6, 6.07) is 18.6. The normalized spacial score (nSPS) is 18.2. The fourth-order valence-electron chi connectivity index (χ4n) is 4.69. The first-order valence-corrected chi connectivity index (χ1v) is 12.4. The minimum atomic E-state index is -0.354. The van der Waals surface area contributed by atoms with Gasteiger partial charge in [0, 0.05) is 13.0 Å². The molecule has 1 saturated heterocycles. The average Bonchev–Trinajstić information content (AvgIpc) is 3.25. The smallest absolute Gasteiger partial charge is 0.227 e. The lowest BCUT2D eigenvalue weighted by atomic mass is 9.76. The minimum Gasteiger partial charge on any atom is -0.336 e. The van der Waals surface area contributed by atoms with E-state index in [1.54, 1.807) is 6.08 Å². The molecule has 1 fully saturated rings. The Balaban J connectivity index is 1.78. The second-order valence-electron chi connectivity index (χ2n) is 10.7. The van der Waals surface area contributed by atoms with Crippen LogP contribution in [0.15, 0.2) is 66.7 Å². The van der Waals surface area contributed by atoms with Crippen molar-refractivity contribution >= 4 is 22.8 Å². The summed E-state index contributed by atoms with van der Waals surface area (Å²) in [4.78, 5) is 28.8. The molecule has 1 heterocycles. The molecule has 1 unspecified atom stereocenters. The Hall–Kier alpha value is -2.94. The van der Waals surface area contributed by atoms with Crippen molar-refractivity contribution in [2.45, 2.75) is 66.8 Å². The first-order chi connectivity index (χ1) is 16.1. The molecule has 2 aromatic carbocycles. The minimum absolute atomic E-state index is 0.0121. The van der Waals surface area contributed by atoms with Crippen LogP contribution in [0.2, 0.25) is 0 Å². The summed E-state index contributed by atoms with van der Waals surface area (Å²) in [7, 11) is 0. The first-order valence-electron chi connectivity index (χ1n) is 12.4. The van der Waals surface area contributed by atoms with Gasteiger partial charge in [-0.15, -0.1) is 0 Å². The predicted octanol–water partition coefficient (Wildman–Crippen LogP) is 7.11. The van der Waals surface area contributed by atoms with Crippen LogP contribution in [0.4, 0.5) is 0 Å². The van der Waals surface area contributed by atoms with E-state index >= 15 is 0 Å². The summed E-state index contributed by atoms with van der Waals surface area (Å²) in [5.74, 6) is -0.243. The number of likely N-dealkylation sites (tertiary alicyclic amines) is 1. The van der Waals surface area contributed by atoms with E-state index in [2.05, 4.69) is 65.0 Å². The van der Waals surface area contributed by atoms with Gasteiger partial charge < -0.3 is 4.90 Å². The van der Waals surface area contributed by atoms with Crippen LogP contribution < -0.4 is 0 Å². The van der Waals surface area contributed by atoms with Gasteiger partial charge in [0.15, 0.2) is 5.78 Å². The molecule has 0 bridgehead atoms. The van der Waals surface area contributed by atoms with Crippen molar-refractivity contribution in [1.29, 1.82) is 0 Å². The second kappa shape index (κ2) is 11.0. The fraction of sp³-hybridized carbons (Fsp3) is 0.419. The van der Waals surface area contributed by atoms with Gasteiger partial charge in [-0.1, -0.05) is 87.0 Å². The standard InChI is InChI=1S/C31H39NO2/c1-22-14-16-26(17-15-22)24(3)20-28(33)21-29(31(4,5)6)30(34)32-18-10-13-27(32)19-23(2)25-11-8-7-9-12-25/h7-9,11-12,14-17,19-20,27,29H,10,13,18,21H2,1-6H3/b23-19+,24-20+/t27?,29-/m1/s1. The summed E-state index contributed by atoms with van der Waals surface area (Å²) >= 11 is 0. The number of ketones is 1. The molecule has 1 aliphatic rings. The van der Waals surface area contributed by atoms with Gasteiger partial charge in [-0.2, -0.15) is 0 Å². The van der Waals surface area contributed by atoms with Crippen LogP contribution in [0.1, 0.15) is 70.6 Å². The topological polar surface area (TPSA) is 37.4 Å². The number of aryl methyl sites for hydroxylation is 1. The molecule has 180 valence electrons. The van der Waals surface area contributed by atoms with Crippen LogP contribution in [0.3, 0.4) is 0 Å². The lowest BCUT2D eigenvalue weighted by molar-refractivity contribution is -0.141. The number of rotatable bonds is 7. The molecule has 2 atom stereocenters. The average molecular weight is 458 g/mol. The van der Waals surface area contributed by atoms with Crippen LogP contribution in [0.25, 0.3) is 11.1 Å². The van der Waals surface area contributed by atoms with E-state index in [1.165, 1.54) is 16.7 Å². The Morgan fingerprint density at radius 3 is 2.21 bits per heavy atom. The van der Waals surface area contributed by atoms with E-state index in [4.69, 9.17) is 0 Å². The van der Waals surface area contributed by atoms with Gasteiger partial charge in [-0.05, 0) is 67.4 Å². The summed E-state index contributed by atoms with van der Waals surface area (Å²) in [6.07, 6.45) is 6.12.